The first kappa shape index (κ1) is 17.3. The summed E-state index contributed by atoms with van der Waals surface area (Å²) in [6.07, 6.45) is 1.07. The number of rotatable bonds is 4. The number of anilines is 1. The van der Waals surface area contributed by atoms with Gasteiger partial charge in [-0.25, -0.2) is 4.39 Å². The molecule has 3 rings (SSSR count). The third-order valence-electron chi connectivity index (χ3n) is 4.56. The Hall–Kier alpha value is -2.56. The van der Waals surface area contributed by atoms with Crippen LogP contribution in [0.15, 0.2) is 53.5 Å². The first-order valence-electron chi connectivity index (χ1n) is 8.68. The highest BCUT2D eigenvalue weighted by Crippen LogP contribution is 2.19. The fraction of sp³-hybridized carbons (Fsp3) is 0.350. The minimum atomic E-state index is -0.168. The molecule has 0 radical (unpaired) electrons. The number of para-hydroxylation sites is 1. The number of aliphatic imine (C=N–C) groups is 1. The standard InChI is InChI=1S/C20H25FN4/c1-15-12-16(8-9-19(15)21)13-23-20(22-2)24-17-10-11-25(14-17)18-6-4-3-5-7-18/h3-9,12,17H,10-11,13-14H2,1-2H3,(H2,22,23,24). The van der Waals surface area contributed by atoms with Gasteiger partial charge in [0.1, 0.15) is 5.82 Å². The number of hydrogen-bond acceptors (Lipinski definition) is 2. The molecule has 1 aliphatic heterocycles. The minimum Gasteiger partial charge on any atom is -0.369 e. The second kappa shape index (κ2) is 8.01. The molecule has 0 amide bonds. The first-order chi connectivity index (χ1) is 12.2. The van der Waals surface area contributed by atoms with Crippen LogP contribution in [0.2, 0.25) is 0 Å². The highest BCUT2D eigenvalue weighted by atomic mass is 19.1. The fourth-order valence-electron chi connectivity index (χ4n) is 3.14. The van der Waals surface area contributed by atoms with Crippen molar-refractivity contribution < 1.29 is 4.39 Å². The number of nitrogens with one attached hydrogen (secondary N) is 2. The maximum atomic E-state index is 13.3. The molecule has 2 aromatic carbocycles. The van der Waals surface area contributed by atoms with Crippen LogP contribution in [0.25, 0.3) is 0 Å². The third kappa shape index (κ3) is 4.50. The second-order valence-electron chi connectivity index (χ2n) is 6.42. The van der Waals surface area contributed by atoms with Gasteiger partial charge in [-0.3, -0.25) is 4.99 Å². The van der Waals surface area contributed by atoms with E-state index in [9.17, 15) is 4.39 Å². The van der Waals surface area contributed by atoms with E-state index in [0.29, 0.717) is 18.2 Å². The lowest BCUT2D eigenvalue weighted by Crippen LogP contribution is -2.44. The summed E-state index contributed by atoms with van der Waals surface area (Å²) in [5, 5.41) is 6.80. The van der Waals surface area contributed by atoms with Crippen LogP contribution in [-0.2, 0) is 6.54 Å². The predicted molar refractivity (Wildman–Crippen MR) is 102 cm³/mol. The van der Waals surface area contributed by atoms with Gasteiger partial charge >= 0.3 is 0 Å². The van der Waals surface area contributed by atoms with E-state index in [1.54, 1.807) is 20.0 Å². The summed E-state index contributed by atoms with van der Waals surface area (Å²) in [5.74, 6) is 0.611. The van der Waals surface area contributed by atoms with Gasteiger partial charge in [-0.15, -0.1) is 0 Å². The van der Waals surface area contributed by atoms with Crippen molar-refractivity contribution in [2.45, 2.75) is 25.9 Å². The van der Waals surface area contributed by atoms with Crippen molar-refractivity contribution in [1.82, 2.24) is 10.6 Å². The van der Waals surface area contributed by atoms with Crippen LogP contribution in [0.1, 0.15) is 17.5 Å². The maximum absolute atomic E-state index is 13.3. The van der Waals surface area contributed by atoms with Crippen molar-refractivity contribution in [1.29, 1.82) is 0 Å². The van der Waals surface area contributed by atoms with Gasteiger partial charge in [0.2, 0.25) is 0 Å². The Bertz CT molecular complexity index is 730. The third-order valence-corrected chi connectivity index (χ3v) is 4.56. The van der Waals surface area contributed by atoms with Gasteiger partial charge in [-0.05, 0) is 42.7 Å². The molecular weight excluding hydrogens is 315 g/mol. The SMILES string of the molecule is CN=C(NCc1ccc(F)c(C)c1)NC1CCN(c2ccccc2)C1. The van der Waals surface area contributed by atoms with Gasteiger partial charge in [0.25, 0.3) is 0 Å². The topological polar surface area (TPSA) is 39.7 Å². The van der Waals surface area contributed by atoms with Crippen LogP contribution < -0.4 is 15.5 Å². The van der Waals surface area contributed by atoms with E-state index in [4.69, 9.17) is 0 Å². The van der Waals surface area contributed by atoms with E-state index in [1.807, 2.05) is 12.1 Å². The average Bonchev–Trinajstić information content (AvgIpc) is 3.11. The van der Waals surface area contributed by atoms with E-state index < -0.39 is 0 Å². The average molecular weight is 340 g/mol. The summed E-state index contributed by atoms with van der Waals surface area (Å²) in [6, 6.07) is 16.0. The van der Waals surface area contributed by atoms with E-state index in [0.717, 1.165) is 31.0 Å². The molecule has 1 atom stereocenters. The lowest BCUT2D eigenvalue weighted by molar-refractivity contribution is 0.616. The van der Waals surface area contributed by atoms with Crippen molar-refractivity contribution in [2.24, 2.45) is 4.99 Å². The van der Waals surface area contributed by atoms with Crippen LogP contribution in [-0.4, -0.2) is 32.1 Å². The Labute approximate surface area is 148 Å². The number of guanidine groups is 1. The number of nitrogens with zero attached hydrogens (tertiary/aromatic N) is 2. The predicted octanol–water partition coefficient (Wildman–Crippen LogP) is 3.08. The number of aryl methyl sites for hydroxylation is 1. The molecule has 0 aromatic heterocycles. The molecule has 1 aliphatic rings. The van der Waals surface area contributed by atoms with E-state index in [2.05, 4.69) is 44.8 Å². The monoisotopic (exact) mass is 340 g/mol. The van der Waals surface area contributed by atoms with Crippen LogP contribution >= 0.6 is 0 Å². The van der Waals surface area contributed by atoms with Crippen LogP contribution in [0, 0.1) is 12.7 Å². The molecule has 0 spiro atoms. The lowest BCUT2D eigenvalue weighted by Gasteiger charge is -2.20. The molecule has 4 nitrogen and oxygen atoms in total. The Balaban J connectivity index is 1.52. The molecule has 0 bridgehead atoms. The molecule has 0 aliphatic carbocycles. The zero-order valence-electron chi connectivity index (χ0n) is 14.8. The molecule has 1 saturated heterocycles. The number of benzene rings is 2. The summed E-state index contributed by atoms with van der Waals surface area (Å²) >= 11 is 0. The van der Waals surface area contributed by atoms with Gasteiger partial charge in [0.15, 0.2) is 5.96 Å². The number of hydrogen-bond donors (Lipinski definition) is 2. The fourth-order valence-corrected chi connectivity index (χ4v) is 3.14. The van der Waals surface area contributed by atoms with Gasteiger partial charge in [-0.2, -0.15) is 0 Å². The van der Waals surface area contributed by atoms with E-state index in [-0.39, 0.29) is 5.82 Å². The van der Waals surface area contributed by atoms with Gasteiger partial charge in [0, 0.05) is 38.4 Å². The quantitative estimate of drug-likeness (QED) is 0.664. The summed E-state index contributed by atoms with van der Waals surface area (Å²) in [6.45, 7) is 4.40. The smallest absolute Gasteiger partial charge is 0.191 e. The minimum absolute atomic E-state index is 0.168. The molecular formula is C20H25FN4. The zero-order valence-corrected chi connectivity index (χ0v) is 14.8. The van der Waals surface area contributed by atoms with Crippen molar-refractivity contribution in [3.63, 3.8) is 0 Å². The summed E-state index contributed by atoms with van der Waals surface area (Å²) < 4.78 is 13.3. The highest BCUT2D eigenvalue weighted by Gasteiger charge is 2.23. The second-order valence-corrected chi connectivity index (χ2v) is 6.42. The molecule has 5 heteroatoms. The Morgan fingerprint density at radius 2 is 2.04 bits per heavy atom. The van der Waals surface area contributed by atoms with Gasteiger partial charge in [-0.1, -0.05) is 30.3 Å². The Morgan fingerprint density at radius 1 is 1.24 bits per heavy atom. The molecule has 1 fully saturated rings. The zero-order chi connectivity index (χ0) is 17.6. The molecule has 2 N–H and O–H groups in total. The summed E-state index contributed by atoms with van der Waals surface area (Å²) in [4.78, 5) is 6.69. The summed E-state index contributed by atoms with van der Waals surface area (Å²) in [7, 11) is 1.77. The van der Waals surface area contributed by atoms with Gasteiger partial charge in [0.05, 0.1) is 0 Å². The normalized spacial score (nSPS) is 17.6. The highest BCUT2D eigenvalue weighted by molar-refractivity contribution is 5.80. The van der Waals surface area contributed by atoms with E-state index in [1.165, 1.54) is 11.8 Å². The van der Waals surface area contributed by atoms with Crippen LogP contribution in [0.5, 0.6) is 0 Å². The van der Waals surface area contributed by atoms with Crippen LogP contribution in [0.3, 0.4) is 0 Å². The lowest BCUT2D eigenvalue weighted by atomic mass is 10.1. The maximum Gasteiger partial charge on any atom is 0.191 e. The van der Waals surface area contributed by atoms with Gasteiger partial charge < -0.3 is 15.5 Å². The van der Waals surface area contributed by atoms with Crippen molar-refractivity contribution >= 4 is 11.6 Å². The van der Waals surface area contributed by atoms with Crippen LogP contribution in [0.4, 0.5) is 10.1 Å². The van der Waals surface area contributed by atoms with E-state index >= 15 is 0 Å². The molecule has 132 valence electrons. The molecule has 1 unspecified atom stereocenters. The summed E-state index contributed by atoms with van der Waals surface area (Å²) in [5.41, 5.74) is 2.97. The van der Waals surface area contributed by atoms with Crippen molar-refractivity contribution in [2.75, 3.05) is 25.0 Å². The molecule has 25 heavy (non-hydrogen) atoms. The number of halogens is 1. The van der Waals surface area contributed by atoms with Crippen molar-refractivity contribution in [3.8, 4) is 0 Å². The molecule has 1 heterocycles. The first-order valence-corrected chi connectivity index (χ1v) is 8.68. The molecule has 0 saturated carbocycles. The Morgan fingerprint density at radius 3 is 2.76 bits per heavy atom. The molecule has 2 aromatic rings. The van der Waals surface area contributed by atoms with Crippen molar-refractivity contribution in [3.05, 3.63) is 65.5 Å². The Kier molecular flexibility index (Phi) is 5.53. The largest absolute Gasteiger partial charge is 0.369 e.